The first-order valence-electron chi connectivity index (χ1n) is 10.4. The van der Waals surface area contributed by atoms with E-state index in [0.717, 1.165) is 31.4 Å². The van der Waals surface area contributed by atoms with E-state index in [1.54, 1.807) is 11.3 Å². The number of piperidine rings is 1. The quantitative estimate of drug-likeness (QED) is 0.785. The van der Waals surface area contributed by atoms with Crippen molar-refractivity contribution < 1.29 is 9.59 Å². The molecule has 0 radical (unpaired) electrons. The average molecular weight is 417 g/mol. The van der Waals surface area contributed by atoms with Crippen molar-refractivity contribution in [1.82, 2.24) is 20.1 Å². The monoisotopic (exact) mass is 416 g/mol. The highest BCUT2D eigenvalue weighted by Crippen LogP contribution is 2.33. The minimum Gasteiger partial charge on any atom is -0.350 e. The standard InChI is InChI=1S/C22H32N4O2S/c1-5-25(14-19(27)24-22(2,3)4)15-20(28)26-12-10-16(11-13-26)21-23-17-8-6-7-9-18(17)29-21/h6-9,16H,5,10-15H2,1-4H3,(H,24,27). The van der Waals surface area contributed by atoms with Crippen LogP contribution in [0, 0.1) is 0 Å². The number of hydrogen-bond donors (Lipinski definition) is 1. The first-order chi connectivity index (χ1) is 13.7. The molecule has 1 aromatic heterocycles. The van der Waals surface area contributed by atoms with Gasteiger partial charge in [-0.25, -0.2) is 4.98 Å². The van der Waals surface area contributed by atoms with Crippen molar-refractivity contribution in [3.8, 4) is 0 Å². The molecule has 158 valence electrons. The number of likely N-dealkylation sites (tertiary alicyclic amines) is 1. The van der Waals surface area contributed by atoms with E-state index in [2.05, 4.69) is 17.4 Å². The van der Waals surface area contributed by atoms with Gasteiger partial charge in [-0.2, -0.15) is 0 Å². The van der Waals surface area contributed by atoms with Gasteiger partial charge in [0.2, 0.25) is 11.8 Å². The number of para-hydroxylation sites is 1. The van der Waals surface area contributed by atoms with E-state index in [1.807, 2.05) is 49.6 Å². The molecular formula is C22H32N4O2S. The topological polar surface area (TPSA) is 65.5 Å². The summed E-state index contributed by atoms with van der Waals surface area (Å²) < 4.78 is 1.23. The predicted octanol–water partition coefficient (Wildman–Crippen LogP) is 3.24. The zero-order valence-corrected chi connectivity index (χ0v) is 18.7. The van der Waals surface area contributed by atoms with Crippen LogP contribution >= 0.6 is 11.3 Å². The number of aromatic nitrogens is 1. The Labute approximate surface area is 177 Å². The molecule has 0 bridgehead atoms. The molecule has 0 atom stereocenters. The molecule has 1 fully saturated rings. The molecule has 2 amide bonds. The van der Waals surface area contributed by atoms with Gasteiger partial charge in [0.05, 0.1) is 28.3 Å². The molecule has 29 heavy (non-hydrogen) atoms. The number of fused-ring (bicyclic) bond motifs is 1. The normalized spacial score (nSPS) is 15.8. The number of nitrogens with zero attached hydrogens (tertiary/aromatic N) is 3. The molecule has 3 rings (SSSR count). The van der Waals surface area contributed by atoms with Gasteiger partial charge in [-0.05, 0) is 52.3 Å². The van der Waals surface area contributed by atoms with Gasteiger partial charge in [0.1, 0.15) is 0 Å². The minimum atomic E-state index is -0.261. The maximum absolute atomic E-state index is 12.8. The number of carbonyl (C=O) groups is 2. The van der Waals surface area contributed by atoms with Crippen LogP contribution in [-0.4, -0.2) is 64.9 Å². The summed E-state index contributed by atoms with van der Waals surface area (Å²) in [4.78, 5) is 33.6. The molecule has 1 aromatic carbocycles. The third-order valence-corrected chi connectivity index (χ3v) is 6.39. The summed E-state index contributed by atoms with van der Waals surface area (Å²) in [5, 5.41) is 4.15. The molecule has 0 spiro atoms. The summed E-state index contributed by atoms with van der Waals surface area (Å²) >= 11 is 1.77. The van der Waals surface area contributed by atoms with Gasteiger partial charge >= 0.3 is 0 Å². The Balaban J connectivity index is 1.50. The number of thiazole rings is 1. The molecule has 0 saturated carbocycles. The second-order valence-corrected chi connectivity index (χ2v) is 9.84. The van der Waals surface area contributed by atoms with Crippen LogP contribution in [0.25, 0.3) is 10.2 Å². The van der Waals surface area contributed by atoms with Crippen LogP contribution in [0.2, 0.25) is 0 Å². The van der Waals surface area contributed by atoms with Gasteiger partial charge in [-0.3, -0.25) is 14.5 Å². The number of benzene rings is 1. The van der Waals surface area contributed by atoms with Gasteiger partial charge in [-0.15, -0.1) is 11.3 Å². The number of nitrogens with one attached hydrogen (secondary N) is 1. The van der Waals surface area contributed by atoms with Gasteiger partial charge in [-0.1, -0.05) is 19.1 Å². The zero-order valence-electron chi connectivity index (χ0n) is 17.9. The lowest BCUT2D eigenvalue weighted by Gasteiger charge is -2.33. The largest absolute Gasteiger partial charge is 0.350 e. The van der Waals surface area contributed by atoms with E-state index in [4.69, 9.17) is 4.98 Å². The average Bonchev–Trinajstić information content (AvgIpc) is 3.10. The fraction of sp³-hybridized carbons (Fsp3) is 0.591. The summed E-state index contributed by atoms with van der Waals surface area (Å²) in [5.41, 5.74) is 0.807. The van der Waals surface area contributed by atoms with Crippen molar-refractivity contribution in [1.29, 1.82) is 0 Å². The number of likely N-dealkylation sites (N-methyl/N-ethyl adjacent to an activating group) is 1. The maximum atomic E-state index is 12.8. The highest BCUT2D eigenvalue weighted by Gasteiger charge is 2.27. The summed E-state index contributed by atoms with van der Waals surface area (Å²) in [6.07, 6.45) is 1.89. The number of carbonyl (C=O) groups excluding carboxylic acids is 2. The van der Waals surface area contributed by atoms with Crippen LogP contribution in [0.3, 0.4) is 0 Å². The molecule has 0 unspecified atom stereocenters. The van der Waals surface area contributed by atoms with Crippen LogP contribution in [0.4, 0.5) is 0 Å². The maximum Gasteiger partial charge on any atom is 0.236 e. The van der Waals surface area contributed by atoms with Crippen molar-refractivity contribution in [2.45, 2.75) is 52.0 Å². The molecule has 2 heterocycles. The molecule has 1 aliphatic rings. The summed E-state index contributed by atoms with van der Waals surface area (Å²) in [6, 6.07) is 8.24. The van der Waals surface area contributed by atoms with Crippen LogP contribution in [0.5, 0.6) is 0 Å². The fourth-order valence-electron chi connectivity index (χ4n) is 3.67. The third-order valence-electron chi connectivity index (χ3n) is 5.20. The van der Waals surface area contributed by atoms with Crippen LogP contribution in [0.1, 0.15) is 51.5 Å². The fourth-order valence-corrected chi connectivity index (χ4v) is 4.81. The van der Waals surface area contributed by atoms with Gasteiger partial charge in [0.15, 0.2) is 0 Å². The lowest BCUT2D eigenvalue weighted by atomic mass is 9.97. The minimum absolute atomic E-state index is 0.0401. The Kier molecular flexibility index (Phi) is 6.90. The summed E-state index contributed by atoms with van der Waals surface area (Å²) in [6.45, 7) is 10.6. The lowest BCUT2D eigenvalue weighted by Crippen LogP contribution is -2.49. The Hall–Kier alpha value is -1.99. The SMILES string of the molecule is CCN(CC(=O)NC(C)(C)C)CC(=O)N1CCC(c2nc3ccccc3s2)CC1. The van der Waals surface area contributed by atoms with Gasteiger partial charge in [0, 0.05) is 24.5 Å². The number of rotatable bonds is 6. The second-order valence-electron chi connectivity index (χ2n) is 8.78. The van der Waals surface area contributed by atoms with E-state index < -0.39 is 0 Å². The first kappa shape index (κ1) is 21.7. The van der Waals surface area contributed by atoms with Crippen molar-refractivity contribution >= 4 is 33.4 Å². The molecule has 7 heteroatoms. The van der Waals surface area contributed by atoms with Crippen LogP contribution in [0.15, 0.2) is 24.3 Å². The second kappa shape index (κ2) is 9.22. The summed E-state index contributed by atoms with van der Waals surface area (Å²) in [5.74, 6) is 0.496. The number of hydrogen-bond acceptors (Lipinski definition) is 5. The van der Waals surface area contributed by atoms with Crippen molar-refractivity contribution in [3.05, 3.63) is 29.3 Å². The molecular weight excluding hydrogens is 384 g/mol. The Morgan fingerprint density at radius 2 is 1.90 bits per heavy atom. The van der Waals surface area contributed by atoms with Crippen molar-refractivity contribution in [3.63, 3.8) is 0 Å². The van der Waals surface area contributed by atoms with E-state index in [9.17, 15) is 9.59 Å². The van der Waals surface area contributed by atoms with Crippen molar-refractivity contribution in [2.75, 3.05) is 32.7 Å². The van der Waals surface area contributed by atoms with Crippen LogP contribution in [-0.2, 0) is 9.59 Å². The van der Waals surface area contributed by atoms with Crippen LogP contribution < -0.4 is 5.32 Å². The number of amides is 2. The van der Waals surface area contributed by atoms with E-state index >= 15 is 0 Å². The highest BCUT2D eigenvalue weighted by molar-refractivity contribution is 7.18. The Morgan fingerprint density at radius 1 is 1.21 bits per heavy atom. The van der Waals surface area contributed by atoms with E-state index in [-0.39, 0.29) is 23.9 Å². The molecule has 1 saturated heterocycles. The summed E-state index contributed by atoms with van der Waals surface area (Å²) in [7, 11) is 0. The molecule has 6 nitrogen and oxygen atoms in total. The highest BCUT2D eigenvalue weighted by atomic mass is 32.1. The Bertz CT molecular complexity index is 817. The third kappa shape index (κ3) is 6.00. The smallest absolute Gasteiger partial charge is 0.236 e. The van der Waals surface area contributed by atoms with Gasteiger partial charge in [0.25, 0.3) is 0 Å². The predicted molar refractivity (Wildman–Crippen MR) is 118 cm³/mol. The van der Waals surface area contributed by atoms with E-state index in [0.29, 0.717) is 19.0 Å². The first-order valence-corrected chi connectivity index (χ1v) is 11.2. The molecule has 1 aliphatic heterocycles. The molecule has 1 N–H and O–H groups in total. The van der Waals surface area contributed by atoms with Gasteiger partial charge < -0.3 is 10.2 Å². The van der Waals surface area contributed by atoms with Crippen molar-refractivity contribution in [2.24, 2.45) is 0 Å². The molecule has 0 aliphatic carbocycles. The van der Waals surface area contributed by atoms with E-state index in [1.165, 1.54) is 9.71 Å². The zero-order chi connectivity index (χ0) is 21.0. The molecule has 2 aromatic rings. The lowest BCUT2D eigenvalue weighted by molar-refractivity contribution is -0.134. The Morgan fingerprint density at radius 3 is 2.52 bits per heavy atom.